The van der Waals surface area contributed by atoms with Gasteiger partial charge in [0.25, 0.3) is 0 Å². The third kappa shape index (κ3) is 3.94. The van der Waals surface area contributed by atoms with Gasteiger partial charge < -0.3 is 14.2 Å². The predicted octanol–water partition coefficient (Wildman–Crippen LogP) is 3.52. The average molecular weight is 376 g/mol. The van der Waals surface area contributed by atoms with E-state index in [0.29, 0.717) is 23.4 Å². The standard InChI is InChI=1S/C21H32N2O4/c1-8-22-14(3)17(13(2)18(22)20(26)27-7)16(24)12-23(21(4,5)6)19(25)15-10-9-11-15/h15H,8-12H2,1-7H3. The van der Waals surface area contributed by atoms with Crippen LogP contribution in [0.25, 0.3) is 0 Å². The maximum atomic E-state index is 13.2. The van der Waals surface area contributed by atoms with Gasteiger partial charge in [-0.25, -0.2) is 4.79 Å². The maximum absolute atomic E-state index is 13.2. The molecule has 0 aliphatic heterocycles. The number of Topliss-reactive ketones (excluding diaryl/α,β-unsaturated/α-hetero) is 1. The highest BCUT2D eigenvalue weighted by Gasteiger charge is 2.37. The number of methoxy groups -OCH3 is 1. The fourth-order valence-corrected chi connectivity index (χ4v) is 3.80. The molecule has 2 rings (SSSR count). The van der Waals surface area contributed by atoms with Crippen LogP contribution in [-0.4, -0.2) is 46.3 Å². The molecular formula is C21H32N2O4. The van der Waals surface area contributed by atoms with Gasteiger partial charge in [-0.3, -0.25) is 9.59 Å². The lowest BCUT2D eigenvalue weighted by atomic mass is 9.83. The van der Waals surface area contributed by atoms with Crippen LogP contribution in [0.5, 0.6) is 0 Å². The van der Waals surface area contributed by atoms with Crippen molar-refractivity contribution >= 4 is 17.7 Å². The normalized spacial score (nSPS) is 14.6. The molecule has 0 atom stereocenters. The second-order valence-electron chi connectivity index (χ2n) is 8.32. The fourth-order valence-electron chi connectivity index (χ4n) is 3.80. The van der Waals surface area contributed by atoms with Crippen molar-refractivity contribution in [2.24, 2.45) is 5.92 Å². The molecule has 0 aromatic carbocycles. The minimum Gasteiger partial charge on any atom is -0.464 e. The summed E-state index contributed by atoms with van der Waals surface area (Å²) in [6.45, 7) is 12.0. The zero-order valence-electron chi connectivity index (χ0n) is 17.6. The van der Waals surface area contributed by atoms with E-state index in [-0.39, 0.29) is 24.2 Å². The van der Waals surface area contributed by atoms with Crippen LogP contribution in [0.2, 0.25) is 0 Å². The van der Waals surface area contributed by atoms with Gasteiger partial charge in [-0.1, -0.05) is 6.42 Å². The zero-order chi connectivity index (χ0) is 20.5. The quantitative estimate of drug-likeness (QED) is 0.563. The van der Waals surface area contributed by atoms with E-state index in [1.807, 2.05) is 39.2 Å². The van der Waals surface area contributed by atoms with Crippen LogP contribution >= 0.6 is 0 Å². The Balaban J connectivity index is 2.40. The molecule has 0 spiro atoms. The van der Waals surface area contributed by atoms with E-state index in [4.69, 9.17) is 4.74 Å². The lowest BCUT2D eigenvalue weighted by Crippen LogP contribution is -2.51. The highest BCUT2D eigenvalue weighted by molar-refractivity contribution is 6.05. The molecule has 1 saturated carbocycles. The van der Waals surface area contributed by atoms with E-state index < -0.39 is 11.5 Å². The number of nitrogens with zero attached hydrogens (tertiary/aromatic N) is 2. The predicted molar refractivity (Wildman–Crippen MR) is 104 cm³/mol. The van der Waals surface area contributed by atoms with Crippen LogP contribution < -0.4 is 0 Å². The zero-order valence-corrected chi connectivity index (χ0v) is 17.6. The number of hydrogen-bond acceptors (Lipinski definition) is 4. The van der Waals surface area contributed by atoms with Crippen molar-refractivity contribution in [1.82, 2.24) is 9.47 Å². The van der Waals surface area contributed by atoms with E-state index in [0.717, 1.165) is 25.0 Å². The molecule has 0 saturated heterocycles. The number of aromatic nitrogens is 1. The summed E-state index contributed by atoms with van der Waals surface area (Å²) in [6, 6.07) is 0. The summed E-state index contributed by atoms with van der Waals surface area (Å²) < 4.78 is 6.71. The van der Waals surface area contributed by atoms with Gasteiger partial charge in [0, 0.05) is 29.3 Å². The lowest BCUT2D eigenvalue weighted by Gasteiger charge is -2.39. The van der Waals surface area contributed by atoms with Crippen molar-refractivity contribution in [3.05, 3.63) is 22.5 Å². The first kappa shape index (κ1) is 21.2. The fraction of sp³-hybridized carbons (Fsp3) is 0.667. The Morgan fingerprint density at radius 3 is 2.19 bits per heavy atom. The second kappa shape index (κ2) is 7.87. The second-order valence-corrected chi connectivity index (χ2v) is 8.32. The molecule has 0 unspecified atom stereocenters. The van der Waals surface area contributed by atoms with E-state index in [1.165, 1.54) is 7.11 Å². The van der Waals surface area contributed by atoms with Gasteiger partial charge in [0.2, 0.25) is 5.91 Å². The Kier molecular flexibility index (Phi) is 6.17. The molecule has 1 amide bonds. The minimum atomic E-state index is -0.449. The maximum Gasteiger partial charge on any atom is 0.354 e. The number of carbonyl (C=O) groups excluding carboxylic acids is 3. The highest BCUT2D eigenvalue weighted by Crippen LogP contribution is 2.31. The topological polar surface area (TPSA) is 68.6 Å². The summed E-state index contributed by atoms with van der Waals surface area (Å²) in [4.78, 5) is 40.0. The van der Waals surface area contributed by atoms with E-state index in [9.17, 15) is 14.4 Å². The van der Waals surface area contributed by atoms with Crippen LogP contribution in [0, 0.1) is 19.8 Å². The van der Waals surface area contributed by atoms with Gasteiger partial charge in [-0.15, -0.1) is 0 Å². The molecule has 1 aliphatic carbocycles. The van der Waals surface area contributed by atoms with Crippen LogP contribution in [-0.2, 0) is 16.1 Å². The SMILES string of the molecule is CCn1c(C)c(C(=O)CN(C(=O)C2CCC2)C(C)(C)C)c(C)c1C(=O)OC. The number of ketones is 1. The van der Waals surface area contributed by atoms with Gasteiger partial charge in [0.05, 0.1) is 13.7 Å². The molecule has 1 aliphatic rings. The lowest BCUT2D eigenvalue weighted by molar-refractivity contribution is -0.142. The van der Waals surface area contributed by atoms with Crippen molar-refractivity contribution < 1.29 is 19.1 Å². The minimum absolute atomic E-state index is 0.0227. The molecule has 27 heavy (non-hydrogen) atoms. The molecule has 6 heteroatoms. The molecule has 6 nitrogen and oxygen atoms in total. The third-order valence-electron chi connectivity index (χ3n) is 5.57. The number of esters is 1. The van der Waals surface area contributed by atoms with Gasteiger partial charge in [0.15, 0.2) is 5.78 Å². The molecule has 0 bridgehead atoms. The average Bonchev–Trinajstić information content (AvgIpc) is 2.78. The summed E-state index contributed by atoms with van der Waals surface area (Å²) in [5.41, 5.74) is 1.85. The molecule has 1 fully saturated rings. The number of hydrogen-bond donors (Lipinski definition) is 0. The number of ether oxygens (including phenoxy) is 1. The first-order valence-corrected chi connectivity index (χ1v) is 9.67. The third-order valence-corrected chi connectivity index (χ3v) is 5.57. The van der Waals surface area contributed by atoms with Crippen LogP contribution in [0.4, 0.5) is 0 Å². The Morgan fingerprint density at radius 1 is 1.19 bits per heavy atom. The Hall–Kier alpha value is -2.11. The van der Waals surface area contributed by atoms with Crippen LogP contribution in [0.1, 0.15) is 79.1 Å². The van der Waals surface area contributed by atoms with E-state index in [1.54, 1.807) is 11.8 Å². The molecular weight excluding hydrogens is 344 g/mol. The Labute approximate surface area is 161 Å². The summed E-state index contributed by atoms with van der Waals surface area (Å²) in [7, 11) is 1.34. The van der Waals surface area contributed by atoms with Gasteiger partial charge in [0.1, 0.15) is 5.69 Å². The summed E-state index contributed by atoms with van der Waals surface area (Å²) in [5, 5.41) is 0. The first-order chi connectivity index (χ1) is 12.5. The van der Waals surface area contributed by atoms with Gasteiger partial charge >= 0.3 is 5.97 Å². The molecule has 0 radical (unpaired) electrons. The van der Waals surface area contributed by atoms with Crippen molar-refractivity contribution in [3.8, 4) is 0 Å². The Bertz CT molecular complexity index is 751. The summed E-state index contributed by atoms with van der Waals surface area (Å²) in [5.74, 6) is -0.495. The van der Waals surface area contributed by atoms with Crippen molar-refractivity contribution in [3.63, 3.8) is 0 Å². The Morgan fingerprint density at radius 2 is 1.78 bits per heavy atom. The molecule has 1 aromatic rings. The summed E-state index contributed by atoms with van der Waals surface area (Å²) >= 11 is 0. The summed E-state index contributed by atoms with van der Waals surface area (Å²) in [6.07, 6.45) is 2.87. The van der Waals surface area contributed by atoms with Crippen molar-refractivity contribution in [2.75, 3.05) is 13.7 Å². The number of rotatable bonds is 6. The van der Waals surface area contributed by atoms with Crippen LogP contribution in [0.15, 0.2) is 0 Å². The van der Waals surface area contributed by atoms with Gasteiger partial charge in [-0.2, -0.15) is 0 Å². The van der Waals surface area contributed by atoms with Crippen LogP contribution in [0.3, 0.4) is 0 Å². The first-order valence-electron chi connectivity index (χ1n) is 9.67. The number of amides is 1. The monoisotopic (exact) mass is 376 g/mol. The molecule has 150 valence electrons. The van der Waals surface area contributed by atoms with E-state index >= 15 is 0 Å². The number of carbonyl (C=O) groups is 3. The highest BCUT2D eigenvalue weighted by atomic mass is 16.5. The molecule has 0 N–H and O–H groups in total. The van der Waals surface area contributed by atoms with E-state index in [2.05, 4.69) is 0 Å². The molecule has 1 heterocycles. The smallest absolute Gasteiger partial charge is 0.354 e. The van der Waals surface area contributed by atoms with Crippen molar-refractivity contribution in [1.29, 1.82) is 0 Å². The largest absolute Gasteiger partial charge is 0.464 e. The molecule has 1 aromatic heterocycles. The van der Waals surface area contributed by atoms with Crippen molar-refractivity contribution in [2.45, 2.75) is 72.9 Å². The van der Waals surface area contributed by atoms with Gasteiger partial charge in [-0.05, 0) is 59.9 Å².